The number of hydrogen-bond acceptors (Lipinski definition) is 7. The first-order valence-electron chi connectivity index (χ1n) is 7.04. The Labute approximate surface area is 161 Å². The van der Waals surface area contributed by atoms with Crippen LogP contribution < -0.4 is 14.9 Å². The Balaban J connectivity index is 2.58. The van der Waals surface area contributed by atoms with Crippen molar-refractivity contribution in [2.45, 2.75) is 0 Å². The summed E-state index contributed by atoms with van der Waals surface area (Å²) >= 11 is 0. The molecule has 0 fully saturated rings. The van der Waals surface area contributed by atoms with Gasteiger partial charge in [-0.05, 0) is 30.3 Å². The molecule has 0 aromatic heterocycles. The third kappa shape index (κ3) is 5.16. The van der Waals surface area contributed by atoms with Crippen LogP contribution in [0.2, 0.25) is 0 Å². The van der Waals surface area contributed by atoms with Crippen molar-refractivity contribution < 1.29 is 8.42 Å². The number of rotatable bonds is 5. The van der Waals surface area contributed by atoms with Gasteiger partial charge in [0.1, 0.15) is 31.4 Å². The van der Waals surface area contributed by atoms with Gasteiger partial charge in [-0.1, -0.05) is 5.46 Å². The topological polar surface area (TPSA) is 122 Å². The van der Waals surface area contributed by atoms with Gasteiger partial charge in [-0.2, -0.15) is 10.5 Å². The molecule has 0 saturated carbocycles. The molecule has 0 aliphatic heterocycles. The van der Waals surface area contributed by atoms with Crippen molar-refractivity contribution in [2.24, 2.45) is 10.2 Å². The third-order valence-electron chi connectivity index (χ3n) is 3.16. The first-order valence-corrected chi connectivity index (χ1v) is 8.59. The minimum atomic E-state index is -4.13. The summed E-state index contributed by atoms with van der Waals surface area (Å²) in [6.45, 7) is 0. The van der Waals surface area contributed by atoms with E-state index in [1.54, 1.807) is 0 Å². The zero-order valence-electron chi connectivity index (χ0n) is 13.7. The highest BCUT2D eigenvalue weighted by molar-refractivity contribution is 8.13. The van der Waals surface area contributed by atoms with Crippen molar-refractivity contribution in [2.75, 3.05) is 9.44 Å². The first kappa shape index (κ1) is 20.1. The predicted octanol–water partition coefficient (Wildman–Crippen LogP) is 0.438. The van der Waals surface area contributed by atoms with Crippen molar-refractivity contribution >= 4 is 69.0 Å². The van der Waals surface area contributed by atoms with Crippen LogP contribution in [0.4, 0.5) is 22.7 Å². The highest BCUT2D eigenvalue weighted by atomic mass is 32.2. The summed E-state index contributed by atoms with van der Waals surface area (Å²) in [5.41, 5.74) is 0.494. The second kappa shape index (κ2) is 8.02. The van der Waals surface area contributed by atoms with Gasteiger partial charge in [-0.25, -0.2) is 8.42 Å². The van der Waals surface area contributed by atoms with Gasteiger partial charge in [0.15, 0.2) is 9.87 Å². The van der Waals surface area contributed by atoms with Gasteiger partial charge in [0, 0.05) is 5.69 Å². The van der Waals surface area contributed by atoms with Crippen LogP contribution in [0.1, 0.15) is 11.1 Å². The fourth-order valence-corrected chi connectivity index (χ4v) is 2.52. The zero-order chi connectivity index (χ0) is 20.2. The average molecular weight is 366 g/mol. The molecule has 8 nitrogen and oxygen atoms in total. The lowest BCUT2D eigenvalue weighted by Gasteiger charge is -2.16. The van der Waals surface area contributed by atoms with Crippen LogP contribution in [0.15, 0.2) is 40.6 Å². The maximum Gasteiger partial charge on any atom is 0.285 e. The molecular formula is C14H6B4N6O2S. The van der Waals surface area contributed by atoms with E-state index < -0.39 is 9.87 Å². The van der Waals surface area contributed by atoms with Crippen molar-refractivity contribution in [1.82, 2.24) is 0 Å². The van der Waals surface area contributed by atoms with E-state index in [1.165, 1.54) is 30.3 Å². The van der Waals surface area contributed by atoms with Crippen LogP contribution in [0.3, 0.4) is 0 Å². The summed E-state index contributed by atoms with van der Waals surface area (Å²) < 4.78 is 25.5. The Kier molecular flexibility index (Phi) is 5.98. The fraction of sp³-hybridized carbons (Fsp3) is 0. The highest BCUT2D eigenvalue weighted by Gasteiger charge is 2.12. The van der Waals surface area contributed by atoms with Crippen LogP contribution in [-0.2, 0) is 9.87 Å². The molecule has 0 atom stereocenters. The van der Waals surface area contributed by atoms with Crippen LogP contribution >= 0.6 is 0 Å². The molecule has 0 saturated heterocycles. The van der Waals surface area contributed by atoms with E-state index in [4.69, 9.17) is 30.9 Å². The van der Waals surface area contributed by atoms with Gasteiger partial charge < -0.3 is 4.72 Å². The van der Waals surface area contributed by atoms with Crippen molar-refractivity contribution in [3.63, 3.8) is 0 Å². The molecule has 0 aliphatic rings. The lowest BCUT2D eigenvalue weighted by atomic mass is 9.91. The molecular weight excluding hydrogens is 360 g/mol. The first-order chi connectivity index (χ1) is 12.6. The monoisotopic (exact) mass is 366 g/mol. The summed E-state index contributed by atoms with van der Waals surface area (Å²) in [4.78, 5) is 0. The van der Waals surface area contributed by atoms with Crippen molar-refractivity contribution in [3.05, 3.63) is 41.5 Å². The molecule has 0 unspecified atom stereocenters. The second-order valence-corrected chi connectivity index (χ2v) is 6.44. The molecule has 2 aromatic rings. The summed E-state index contributed by atoms with van der Waals surface area (Å²) in [7, 11) is 17.3. The Hall–Kier alpha value is -3.17. The van der Waals surface area contributed by atoms with Crippen LogP contribution in [0, 0.1) is 22.7 Å². The van der Waals surface area contributed by atoms with E-state index in [0.717, 1.165) is 4.72 Å². The van der Waals surface area contributed by atoms with Gasteiger partial charge in [0.05, 0.1) is 16.8 Å². The van der Waals surface area contributed by atoms with Gasteiger partial charge in [0.2, 0.25) is 16.0 Å². The van der Waals surface area contributed by atoms with Crippen LogP contribution in [-0.4, -0.2) is 39.4 Å². The molecule has 2 rings (SSSR count). The number of azo groups is 1. The van der Waals surface area contributed by atoms with Gasteiger partial charge in [-0.15, -0.1) is 10.2 Å². The van der Waals surface area contributed by atoms with Gasteiger partial charge >= 0.3 is 0 Å². The minimum Gasteiger partial charge on any atom is -0.479 e. The Bertz CT molecular complexity index is 1070. The molecule has 0 aliphatic carbocycles. The van der Waals surface area contributed by atoms with E-state index >= 15 is 0 Å². The Morgan fingerprint density at radius 1 is 1.04 bits per heavy atom. The lowest BCUT2D eigenvalue weighted by molar-refractivity contribution is 0.614. The molecule has 0 amide bonds. The molecule has 0 heterocycles. The van der Waals surface area contributed by atoms with E-state index in [1.807, 2.05) is 12.1 Å². The SMILES string of the molecule is [B]c1cc(C#N)c(N=Nc2ccc(N([B])[B])cc2NS([B])(=O)=O)c(C#N)c1. The Morgan fingerprint density at radius 3 is 2.11 bits per heavy atom. The number of nitrogens with one attached hydrogen (secondary N) is 1. The molecule has 27 heavy (non-hydrogen) atoms. The van der Waals surface area contributed by atoms with Gasteiger partial charge in [0.25, 0.3) is 7.12 Å². The molecule has 13 heteroatoms. The molecule has 2 aromatic carbocycles. The molecule has 0 spiro atoms. The van der Waals surface area contributed by atoms with Crippen molar-refractivity contribution in [3.8, 4) is 12.1 Å². The predicted molar refractivity (Wildman–Crippen MR) is 104 cm³/mol. The second-order valence-electron chi connectivity index (χ2n) is 5.14. The summed E-state index contributed by atoms with van der Waals surface area (Å²) in [5, 5.41) is 26.2. The standard InChI is InChI=1S/C14H6B4N6O2S/c15-10-3-8(6-19)14(9(4-10)7-20)22-21-12-2-1-11(24(16)17)5-13(12)23-27(18,25)26/h1-5,23H. The molecule has 1 N–H and O–H groups in total. The third-order valence-corrected chi connectivity index (χ3v) is 3.67. The van der Waals surface area contributed by atoms with Crippen LogP contribution in [0.5, 0.6) is 0 Å². The number of nitriles is 2. The fourth-order valence-electron chi connectivity index (χ4n) is 2.05. The van der Waals surface area contributed by atoms with E-state index in [2.05, 4.69) is 15.0 Å². The normalized spacial score (nSPS) is 10.9. The molecule has 8 radical (unpaired) electrons. The average Bonchev–Trinajstić information content (AvgIpc) is 2.59. The quantitative estimate of drug-likeness (QED) is 0.608. The number of benzene rings is 2. The summed E-state index contributed by atoms with van der Waals surface area (Å²) in [6, 6.07) is 10.5. The van der Waals surface area contributed by atoms with E-state index in [0.29, 0.717) is 0 Å². The number of hydrogen-bond donors (Lipinski definition) is 1. The number of anilines is 2. The van der Waals surface area contributed by atoms with Crippen molar-refractivity contribution in [1.29, 1.82) is 10.5 Å². The Morgan fingerprint density at radius 2 is 1.63 bits per heavy atom. The van der Waals surface area contributed by atoms with E-state index in [9.17, 15) is 18.9 Å². The number of nitrogens with zero attached hydrogens (tertiary/aromatic N) is 5. The maximum absolute atomic E-state index is 11.4. The molecule has 122 valence electrons. The summed E-state index contributed by atoms with van der Waals surface area (Å²) in [6.07, 6.45) is 0. The van der Waals surface area contributed by atoms with Crippen LogP contribution in [0.25, 0.3) is 0 Å². The lowest BCUT2D eigenvalue weighted by Crippen LogP contribution is -2.15. The largest absolute Gasteiger partial charge is 0.479 e. The smallest absolute Gasteiger partial charge is 0.285 e. The zero-order valence-corrected chi connectivity index (χ0v) is 14.5. The van der Waals surface area contributed by atoms with E-state index in [-0.39, 0.29) is 39.3 Å². The molecule has 0 bridgehead atoms. The highest BCUT2D eigenvalue weighted by Crippen LogP contribution is 2.32. The maximum atomic E-state index is 11.4. The summed E-state index contributed by atoms with van der Waals surface area (Å²) in [5.74, 6) is 0. The minimum absolute atomic E-state index is 0.0147. The van der Waals surface area contributed by atoms with Gasteiger partial charge in [-0.3, -0.25) is 4.72 Å².